The fourth-order valence-electron chi connectivity index (χ4n) is 2.75. The molecule has 1 fully saturated rings. The summed E-state index contributed by atoms with van der Waals surface area (Å²) in [5.41, 5.74) is 2.67. The Hall–Kier alpha value is -2.32. The number of hydrogen-bond acceptors (Lipinski definition) is 6. The van der Waals surface area contributed by atoms with Crippen LogP contribution in [0.5, 0.6) is 0 Å². The molecule has 0 amide bonds. The molecule has 1 unspecified atom stereocenters. The quantitative estimate of drug-likeness (QED) is 0.501. The first-order valence-electron chi connectivity index (χ1n) is 9.93. The van der Waals surface area contributed by atoms with Crippen molar-refractivity contribution in [3.8, 4) is 11.1 Å². The molecule has 2 heterocycles. The van der Waals surface area contributed by atoms with Crippen molar-refractivity contribution in [2.75, 3.05) is 24.6 Å². The Labute approximate surface area is 173 Å². The van der Waals surface area contributed by atoms with E-state index in [1.165, 1.54) is 0 Å². The second kappa shape index (κ2) is 9.00. The van der Waals surface area contributed by atoms with Crippen LogP contribution in [0.1, 0.15) is 33.3 Å². The van der Waals surface area contributed by atoms with Crippen LogP contribution in [0.15, 0.2) is 35.7 Å². The maximum absolute atomic E-state index is 15.1. The molecule has 0 aliphatic carbocycles. The van der Waals surface area contributed by atoms with Gasteiger partial charge in [-0.15, -0.1) is 0 Å². The van der Waals surface area contributed by atoms with E-state index in [-0.39, 0.29) is 10.9 Å². The Bertz CT molecular complexity index is 860. The highest BCUT2D eigenvalue weighted by Gasteiger charge is 2.25. The smallest absolute Gasteiger partial charge is 0.225 e. The Balaban J connectivity index is 1.68. The Morgan fingerprint density at radius 2 is 1.90 bits per heavy atom. The average molecular weight is 417 g/mol. The minimum Gasteiger partial charge on any atom is -0.415 e. The van der Waals surface area contributed by atoms with E-state index in [1.54, 1.807) is 24.5 Å². The third kappa shape index (κ3) is 5.19. The van der Waals surface area contributed by atoms with E-state index in [4.69, 9.17) is 9.26 Å². The SMILES string of the molecule is CCON=C1CN(c2ncc(-c3cccc(CO[SiH](C)C(C)(C)C)c3F)cn2)C1. The predicted octanol–water partition coefficient (Wildman–Crippen LogP) is 4.17. The topological polar surface area (TPSA) is 59.8 Å². The lowest BCUT2D eigenvalue weighted by atomic mass is 10.1. The van der Waals surface area contributed by atoms with Gasteiger partial charge in [0.1, 0.15) is 12.4 Å². The minimum absolute atomic E-state index is 0.141. The molecule has 2 aromatic rings. The average Bonchev–Trinajstić information content (AvgIpc) is 2.65. The van der Waals surface area contributed by atoms with E-state index >= 15 is 4.39 Å². The van der Waals surface area contributed by atoms with Gasteiger partial charge in [-0.1, -0.05) is 44.1 Å². The Morgan fingerprint density at radius 3 is 2.52 bits per heavy atom. The van der Waals surface area contributed by atoms with Crippen LogP contribution in [-0.4, -0.2) is 44.4 Å². The fraction of sp³-hybridized carbons (Fsp3) is 0.476. The monoisotopic (exact) mass is 416 g/mol. The molecule has 1 aromatic carbocycles. The zero-order valence-electron chi connectivity index (χ0n) is 17.8. The van der Waals surface area contributed by atoms with Gasteiger partial charge in [-0.05, 0) is 18.5 Å². The zero-order chi connectivity index (χ0) is 21.0. The summed E-state index contributed by atoms with van der Waals surface area (Å²) in [6.07, 6.45) is 3.32. The number of nitrogens with zero attached hydrogens (tertiary/aromatic N) is 4. The molecule has 3 rings (SSSR count). The molecule has 29 heavy (non-hydrogen) atoms. The van der Waals surface area contributed by atoms with Gasteiger partial charge in [0.05, 0.1) is 25.4 Å². The number of rotatable bonds is 7. The summed E-state index contributed by atoms with van der Waals surface area (Å²) in [7, 11) is -1.41. The zero-order valence-corrected chi connectivity index (χ0v) is 18.9. The summed E-state index contributed by atoms with van der Waals surface area (Å²) in [5.74, 6) is 0.336. The number of aromatic nitrogens is 2. The van der Waals surface area contributed by atoms with E-state index < -0.39 is 9.04 Å². The molecule has 8 heteroatoms. The number of halogens is 1. The van der Waals surface area contributed by atoms with Gasteiger partial charge < -0.3 is 14.2 Å². The Morgan fingerprint density at radius 1 is 1.21 bits per heavy atom. The summed E-state index contributed by atoms with van der Waals surface area (Å²) in [6, 6.07) is 5.37. The van der Waals surface area contributed by atoms with Crippen molar-refractivity contribution < 1.29 is 13.7 Å². The molecule has 0 N–H and O–H groups in total. The summed E-state index contributed by atoms with van der Waals surface area (Å²) in [5, 5.41) is 4.16. The standard InChI is InChI=1S/C21H29FN4O2Si/c1-6-27-25-17-12-26(13-17)20-23-10-16(11-24-20)18-9-7-8-15(19(18)22)14-28-29(5)21(2,3)4/h7-11,29H,6,12-14H2,1-5H3. The predicted molar refractivity (Wildman–Crippen MR) is 116 cm³/mol. The molecule has 0 spiro atoms. The van der Waals surface area contributed by atoms with Gasteiger partial charge >= 0.3 is 0 Å². The summed E-state index contributed by atoms with van der Waals surface area (Å²) < 4.78 is 21.1. The van der Waals surface area contributed by atoms with E-state index in [1.807, 2.05) is 17.9 Å². The molecule has 0 saturated carbocycles. The highest BCUT2D eigenvalue weighted by Crippen LogP contribution is 2.29. The van der Waals surface area contributed by atoms with Crippen molar-refractivity contribution in [2.45, 2.75) is 45.9 Å². The molecule has 1 aromatic heterocycles. The lowest BCUT2D eigenvalue weighted by Gasteiger charge is -2.31. The van der Waals surface area contributed by atoms with Crippen molar-refractivity contribution in [3.05, 3.63) is 42.0 Å². The van der Waals surface area contributed by atoms with Gasteiger partial charge in [0, 0.05) is 29.1 Å². The maximum atomic E-state index is 15.1. The lowest BCUT2D eigenvalue weighted by Crippen LogP contribution is -2.48. The Kier molecular flexibility index (Phi) is 6.64. The largest absolute Gasteiger partial charge is 0.415 e. The first kappa shape index (κ1) is 21.4. The number of benzene rings is 1. The fourth-order valence-corrected chi connectivity index (χ4v) is 3.68. The summed E-state index contributed by atoms with van der Waals surface area (Å²) in [4.78, 5) is 15.8. The van der Waals surface area contributed by atoms with E-state index in [0.29, 0.717) is 48.9 Å². The van der Waals surface area contributed by atoms with Crippen molar-refractivity contribution in [3.63, 3.8) is 0 Å². The maximum Gasteiger partial charge on any atom is 0.225 e. The van der Waals surface area contributed by atoms with Crippen molar-refractivity contribution in [1.82, 2.24) is 9.97 Å². The van der Waals surface area contributed by atoms with E-state index in [0.717, 1.165) is 5.71 Å². The van der Waals surface area contributed by atoms with Gasteiger partial charge in [0.2, 0.25) is 5.95 Å². The first-order chi connectivity index (χ1) is 13.8. The van der Waals surface area contributed by atoms with Crippen molar-refractivity contribution in [2.24, 2.45) is 5.16 Å². The molecule has 1 aliphatic rings. The number of oxime groups is 1. The third-order valence-corrected chi connectivity index (χ3v) is 8.19. The first-order valence-corrected chi connectivity index (χ1v) is 12.1. The van der Waals surface area contributed by atoms with Gasteiger partial charge in [-0.25, -0.2) is 14.4 Å². The third-order valence-electron chi connectivity index (χ3n) is 5.09. The van der Waals surface area contributed by atoms with Gasteiger partial charge in [0.15, 0.2) is 9.04 Å². The number of hydrogen-bond donors (Lipinski definition) is 0. The highest BCUT2D eigenvalue weighted by molar-refractivity contribution is 6.53. The summed E-state index contributed by atoms with van der Waals surface area (Å²) in [6.45, 7) is 12.7. The highest BCUT2D eigenvalue weighted by atomic mass is 28.3. The van der Waals surface area contributed by atoms with Crippen LogP contribution in [0.25, 0.3) is 11.1 Å². The second-order valence-corrected chi connectivity index (χ2v) is 11.7. The minimum atomic E-state index is -1.41. The van der Waals surface area contributed by atoms with Crippen LogP contribution in [0.2, 0.25) is 11.6 Å². The molecule has 0 bridgehead atoms. The normalized spacial score (nSPS) is 15.1. The molecule has 1 saturated heterocycles. The van der Waals surface area contributed by atoms with Crippen LogP contribution in [-0.2, 0) is 15.9 Å². The molecular formula is C21H29FN4O2Si. The summed E-state index contributed by atoms with van der Waals surface area (Å²) >= 11 is 0. The number of anilines is 1. The van der Waals surface area contributed by atoms with Crippen LogP contribution in [0.3, 0.4) is 0 Å². The van der Waals surface area contributed by atoms with Gasteiger partial charge in [-0.3, -0.25) is 0 Å². The molecule has 1 aliphatic heterocycles. The molecule has 156 valence electrons. The second-order valence-electron chi connectivity index (χ2n) is 8.30. The van der Waals surface area contributed by atoms with E-state index in [2.05, 4.69) is 42.4 Å². The van der Waals surface area contributed by atoms with Crippen LogP contribution in [0.4, 0.5) is 10.3 Å². The lowest BCUT2D eigenvalue weighted by molar-refractivity contribution is 0.157. The molecule has 0 radical (unpaired) electrons. The van der Waals surface area contributed by atoms with Crippen molar-refractivity contribution >= 4 is 20.7 Å². The van der Waals surface area contributed by atoms with E-state index in [9.17, 15) is 0 Å². The van der Waals surface area contributed by atoms with Crippen LogP contribution in [0, 0.1) is 5.82 Å². The van der Waals surface area contributed by atoms with Gasteiger partial charge in [-0.2, -0.15) is 0 Å². The molecular weight excluding hydrogens is 387 g/mol. The van der Waals surface area contributed by atoms with Crippen molar-refractivity contribution in [1.29, 1.82) is 0 Å². The van der Waals surface area contributed by atoms with Crippen LogP contribution < -0.4 is 4.90 Å². The van der Waals surface area contributed by atoms with Gasteiger partial charge in [0.25, 0.3) is 0 Å². The molecule has 1 atom stereocenters. The molecule has 6 nitrogen and oxygen atoms in total. The van der Waals surface area contributed by atoms with Crippen LogP contribution >= 0.6 is 0 Å².